The zero-order valence-corrected chi connectivity index (χ0v) is 26.0. The van der Waals surface area contributed by atoms with E-state index >= 15 is 0 Å². The quantitative estimate of drug-likeness (QED) is 0.141. The van der Waals surface area contributed by atoms with Crippen LogP contribution in [0.1, 0.15) is 76.5 Å². The van der Waals surface area contributed by atoms with Gasteiger partial charge in [0.25, 0.3) is 0 Å². The highest BCUT2D eigenvalue weighted by Gasteiger charge is 2.32. The molecule has 0 aliphatic heterocycles. The molecule has 230 valence electrons. The van der Waals surface area contributed by atoms with Crippen LogP contribution < -0.4 is 4.74 Å². The van der Waals surface area contributed by atoms with Crippen molar-refractivity contribution in [2.24, 2.45) is 0 Å². The Kier molecular flexibility index (Phi) is 14.4. The van der Waals surface area contributed by atoms with Crippen LogP contribution in [0.2, 0.25) is 5.02 Å². The highest BCUT2D eigenvalue weighted by atomic mass is 35.5. The Balaban J connectivity index is 0.00000211. The Hall–Kier alpha value is -3.72. The average molecular weight is 610 g/mol. The number of ketones is 1. The minimum Gasteiger partial charge on any atom is -0.484 e. The van der Waals surface area contributed by atoms with Crippen LogP contribution in [0.5, 0.6) is 5.75 Å². The molecule has 42 heavy (non-hydrogen) atoms. The van der Waals surface area contributed by atoms with E-state index in [1.165, 1.54) is 25.1 Å². The Morgan fingerprint density at radius 1 is 1.07 bits per heavy atom. The number of ether oxygens (including phenoxy) is 2. The van der Waals surface area contributed by atoms with Crippen molar-refractivity contribution in [2.75, 3.05) is 0 Å². The number of halogens is 4. The minimum absolute atomic E-state index is 0.182. The second-order valence-electron chi connectivity index (χ2n) is 8.65. The number of hydrogen-bond acceptors (Lipinski definition) is 4. The molecule has 3 aromatic rings. The zero-order chi connectivity index (χ0) is 32.2. The molecule has 1 unspecified atom stereocenters. The summed E-state index contributed by atoms with van der Waals surface area (Å²) in [6.07, 6.45) is -1.75. The first-order valence-electron chi connectivity index (χ1n) is 13.8. The Bertz CT molecular complexity index is 1410. The number of nitrogens with zero attached hydrogens (tertiary/aromatic N) is 1. The van der Waals surface area contributed by atoms with Crippen LogP contribution in [0.4, 0.5) is 13.2 Å². The van der Waals surface area contributed by atoms with E-state index in [1.807, 2.05) is 40.7 Å². The maximum atomic E-state index is 13.5. The second-order valence-corrected chi connectivity index (χ2v) is 9.09. The van der Waals surface area contributed by atoms with Crippen molar-refractivity contribution in [1.29, 1.82) is 0 Å². The minimum atomic E-state index is -4.88. The summed E-state index contributed by atoms with van der Waals surface area (Å²) in [6, 6.07) is 10.2. The number of rotatable bonds is 10. The number of benzene rings is 2. The first-order valence-corrected chi connectivity index (χ1v) is 14.1. The van der Waals surface area contributed by atoms with Crippen molar-refractivity contribution in [2.45, 2.75) is 80.8 Å². The summed E-state index contributed by atoms with van der Waals surface area (Å²) in [4.78, 5) is 24.7. The SMILES string of the molecule is CC.CC.CC/C=C(\C=C(/C)OC(C)C(=O)O)Cn1c(C)c(C(=O)c2ccc(Cl)cc2)c2ccc(OC(F)(F)F)cc21. The molecular formula is C32H39ClF3NO5. The number of alkyl halides is 3. The molecule has 1 N–H and O–H groups in total. The van der Waals surface area contributed by atoms with E-state index < -0.39 is 24.2 Å². The maximum Gasteiger partial charge on any atom is 0.573 e. The average Bonchev–Trinajstić information content (AvgIpc) is 3.20. The molecule has 0 fully saturated rings. The van der Waals surface area contributed by atoms with Crippen LogP contribution in [0.15, 0.2) is 65.9 Å². The second kappa shape index (κ2) is 16.7. The standard InChI is InChI=1S/C28H27ClF3NO5.2C2H6/c1-5-6-19(13-16(2)37-18(4)27(35)36)15-33-17(3)25(26(34)20-7-9-21(29)10-8-20)23-12-11-22(14-24(23)33)38-28(30,31)32;2*1-2/h6-14,18H,5,15H2,1-4H3,(H,35,36);2*1-2H3/b16-13+,19-6+;;. The molecule has 0 aliphatic carbocycles. The van der Waals surface area contributed by atoms with E-state index in [4.69, 9.17) is 21.4 Å². The number of carbonyl (C=O) groups is 2. The van der Waals surface area contributed by atoms with E-state index in [9.17, 15) is 22.8 Å². The van der Waals surface area contributed by atoms with Crippen LogP contribution in [-0.2, 0) is 16.1 Å². The zero-order valence-electron chi connectivity index (χ0n) is 25.2. The van der Waals surface area contributed by atoms with Gasteiger partial charge in [-0.1, -0.05) is 52.3 Å². The number of aliphatic carboxylic acids is 1. The predicted molar refractivity (Wildman–Crippen MR) is 161 cm³/mol. The lowest BCUT2D eigenvalue weighted by Gasteiger charge is -2.14. The molecule has 0 aliphatic rings. The lowest BCUT2D eigenvalue weighted by molar-refractivity contribution is -0.274. The van der Waals surface area contributed by atoms with Gasteiger partial charge in [-0.3, -0.25) is 4.79 Å². The van der Waals surface area contributed by atoms with Gasteiger partial charge in [0.2, 0.25) is 0 Å². The third kappa shape index (κ3) is 9.98. The molecule has 0 saturated heterocycles. The molecule has 0 saturated carbocycles. The van der Waals surface area contributed by atoms with Gasteiger partial charge in [0, 0.05) is 34.3 Å². The summed E-state index contributed by atoms with van der Waals surface area (Å²) in [5.41, 5.74) is 2.35. The van der Waals surface area contributed by atoms with Crippen molar-refractivity contribution in [3.05, 3.63) is 87.8 Å². The highest BCUT2D eigenvalue weighted by Crippen LogP contribution is 2.34. The Morgan fingerprint density at radius 3 is 2.19 bits per heavy atom. The van der Waals surface area contributed by atoms with Gasteiger partial charge in [0.05, 0.1) is 16.8 Å². The van der Waals surface area contributed by atoms with Crippen LogP contribution in [0.3, 0.4) is 0 Å². The number of carboxylic acid groups (broad SMARTS) is 1. The van der Waals surface area contributed by atoms with E-state index in [1.54, 1.807) is 48.8 Å². The first kappa shape index (κ1) is 36.3. The summed E-state index contributed by atoms with van der Waals surface area (Å²) >= 11 is 5.96. The predicted octanol–water partition coefficient (Wildman–Crippen LogP) is 9.52. The van der Waals surface area contributed by atoms with Crippen LogP contribution in [0, 0.1) is 6.92 Å². The molecule has 6 nitrogen and oxygen atoms in total. The number of fused-ring (bicyclic) bond motifs is 1. The van der Waals surface area contributed by atoms with Crippen LogP contribution in [-0.4, -0.2) is 33.9 Å². The molecular weight excluding hydrogens is 571 g/mol. The van der Waals surface area contributed by atoms with E-state index in [2.05, 4.69) is 4.74 Å². The third-order valence-corrected chi connectivity index (χ3v) is 6.02. The summed E-state index contributed by atoms with van der Waals surface area (Å²) in [5.74, 6) is -1.49. The molecule has 2 aromatic carbocycles. The van der Waals surface area contributed by atoms with Crippen molar-refractivity contribution >= 4 is 34.3 Å². The fraction of sp³-hybridized carbons (Fsp3) is 0.375. The van der Waals surface area contributed by atoms with Crippen LogP contribution in [0.25, 0.3) is 10.9 Å². The molecule has 1 aromatic heterocycles. The molecule has 1 atom stereocenters. The first-order chi connectivity index (χ1) is 19.8. The smallest absolute Gasteiger partial charge is 0.484 e. The fourth-order valence-corrected chi connectivity index (χ4v) is 4.25. The highest BCUT2D eigenvalue weighted by molar-refractivity contribution is 6.30. The van der Waals surface area contributed by atoms with E-state index in [0.717, 1.165) is 5.57 Å². The Morgan fingerprint density at radius 2 is 1.67 bits per heavy atom. The van der Waals surface area contributed by atoms with Gasteiger partial charge < -0.3 is 19.1 Å². The van der Waals surface area contributed by atoms with Crippen molar-refractivity contribution in [3.63, 3.8) is 0 Å². The van der Waals surface area contributed by atoms with E-state index in [-0.39, 0.29) is 12.3 Å². The summed E-state index contributed by atoms with van der Waals surface area (Å²) in [7, 11) is 0. The maximum absolute atomic E-state index is 13.5. The number of aromatic nitrogens is 1. The van der Waals surface area contributed by atoms with Gasteiger partial charge in [-0.2, -0.15) is 0 Å². The van der Waals surface area contributed by atoms with Crippen molar-refractivity contribution in [3.8, 4) is 5.75 Å². The van der Waals surface area contributed by atoms with Crippen molar-refractivity contribution in [1.82, 2.24) is 4.57 Å². The molecule has 1 heterocycles. The van der Waals surface area contributed by atoms with Gasteiger partial charge >= 0.3 is 12.3 Å². The van der Waals surface area contributed by atoms with Gasteiger partial charge in [-0.25, -0.2) is 4.79 Å². The lowest BCUT2D eigenvalue weighted by Crippen LogP contribution is -2.19. The third-order valence-electron chi connectivity index (χ3n) is 5.77. The molecule has 3 rings (SSSR count). The van der Waals surface area contributed by atoms with Crippen LogP contribution >= 0.6 is 11.6 Å². The van der Waals surface area contributed by atoms with Gasteiger partial charge in [-0.05, 0) is 75.2 Å². The van der Waals surface area contributed by atoms with Crippen molar-refractivity contribution < 1.29 is 37.3 Å². The molecule has 10 heteroatoms. The summed E-state index contributed by atoms with van der Waals surface area (Å²) < 4.78 is 50.2. The topological polar surface area (TPSA) is 77.8 Å². The fourth-order valence-electron chi connectivity index (χ4n) is 4.13. The number of carboxylic acids is 1. The number of hydrogen-bond donors (Lipinski definition) is 1. The van der Waals surface area contributed by atoms with Gasteiger partial charge in [0.1, 0.15) is 5.75 Å². The monoisotopic (exact) mass is 609 g/mol. The number of allylic oxidation sites excluding steroid dienone is 4. The van der Waals surface area contributed by atoms with E-state index in [0.29, 0.717) is 44.9 Å². The molecule has 0 spiro atoms. The molecule has 0 bridgehead atoms. The lowest BCUT2D eigenvalue weighted by atomic mass is 10.0. The molecule has 0 radical (unpaired) electrons. The summed E-state index contributed by atoms with van der Waals surface area (Å²) in [5, 5.41) is 10.1. The number of carbonyl (C=O) groups excluding carboxylic acids is 1. The van der Waals surface area contributed by atoms with Gasteiger partial charge in [-0.15, -0.1) is 13.2 Å². The summed E-state index contributed by atoms with van der Waals surface area (Å²) in [6.45, 7) is 14.8. The normalized spacial score (nSPS) is 12.5. The van der Waals surface area contributed by atoms with Gasteiger partial charge in [0.15, 0.2) is 11.9 Å². The largest absolute Gasteiger partial charge is 0.573 e. The molecule has 0 amide bonds. The Labute approximate surface area is 250 Å².